The Hall–Kier alpha value is 0.387. The van der Waals surface area contributed by atoms with Crippen LogP contribution >= 0.6 is 11.6 Å². The smallest absolute Gasteiger partial charge is 0.197 e. The first-order valence-corrected chi connectivity index (χ1v) is 9.35. The maximum Gasteiger partial charge on any atom is 0.197 e. The fourth-order valence-corrected chi connectivity index (χ4v) is 4.67. The molecule has 3 nitrogen and oxygen atoms in total. The zero-order chi connectivity index (χ0) is 12.7. The van der Waals surface area contributed by atoms with Crippen molar-refractivity contribution in [2.75, 3.05) is 25.7 Å². The van der Waals surface area contributed by atoms with Crippen molar-refractivity contribution in [2.45, 2.75) is 44.3 Å². The average molecular weight is 269 g/mol. The molecule has 0 amide bonds. The molecule has 0 bridgehead atoms. The van der Waals surface area contributed by atoms with E-state index in [1.807, 2.05) is 13.1 Å². The summed E-state index contributed by atoms with van der Waals surface area (Å²) in [7, 11) is -2.13. The van der Waals surface area contributed by atoms with Crippen LogP contribution in [0.15, 0.2) is 0 Å². The Morgan fingerprint density at radius 3 is 2.19 bits per heavy atom. The summed E-state index contributed by atoms with van der Waals surface area (Å²) >= 11 is 5.76. The summed E-state index contributed by atoms with van der Waals surface area (Å²) in [5.41, 5.74) is 0. The van der Waals surface area contributed by atoms with Crippen LogP contribution < -0.4 is 0 Å². The van der Waals surface area contributed by atoms with Crippen molar-refractivity contribution in [1.29, 1.82) is 0 Å². The minimum Gasteiger partial charge on any atom is -0.417 e. The Morgan fingerprint density at radius 2 is 1.81 bits per heavy atom. The second kappa shape index (κ2) is 7.66. The van der Waals surface area contributed by atoms with Crippen LogP contribution in [0.4, 0.5) is 0 Å². The van der Waals surface area contributed by atoms with Gasteiger partial charge in [0.2, 0.25) is 0 Å². The molecule has 0 aliphatic carbocycles. The summed E-state index contributed by atoms with van der Waals surface area (Å²) in [5, 5.41) is 18.5. The van der Waals surface area contributed by atoms with Gasteiger partial charge in [-0.1, -0.05) is 13.3 Å². The molecule has 0 rings (SSSR count). The zero-order valence-electron chi connectivity index (χ0n) is 10.6. The SMILES string of the molecule is CCCCO[Si](C)(C)C(CO)(CO)CCCl. The molecule has 0 unspecified atom stereocenters. The lowest BCUT2D eigenvalue weighted by Gasteiger charge is -2.42. The predicted molar refractivity (Wildman–Crippen MR) is 70.5 cm³/mol. The number of alkyl halides is 1. The highest BCUT2D eigenvalue weighted by atomic mass is 35.5. The van der Waals surface area contributed by atoms with E-state index in [9.17, 15) is 10.2 Å². The molecule has 98 valence electrons. The van der Waals surface area contributed by atoms with Crippen molar-refractivity contribution in [3.63, 3.8) is 0 Å². The van der Waals surface area contributed by atoms with Gasteiger partial charge in [-0.3, -0.25) is 0 Å². The first-order valence-electron chi connectivity index (χ1n) is 5.91. The first-order chi connectivity index (χ1) is 7.49. The number of aliphatic hydroxyl groups excluding tert-OH is 2. The summed E-state index contributed by atoms with van der Waals surface area (Å²) in [5.74, 6) is 0.439. The average Bonchev–Trinajstić information content (AvgIpc) is 2.26. The van der Waals surface area contributed by atoms with Gasteiger partial charge >= 0.3 is 0 Å². The molecule has 0 aliphatic heterocycles. The Balaban J connectivity index is 4.59. The minimum atomic E-state index is -2.13. The van der Waals surface area contributed by atoms with E-state index in [2.05, 4.69) is 6.92 Å². The standard InChI is InChI=1S/C11H25ClO3Si/c1-4-5-8-15-16(2,3)11(9-13,10-14)6-7-12/h13-14H,4-10H2,1-3H3. The summed E-state index contributed by atoms with van der Waals surface area (Å²) in [6, 6.07) is 0. The van der Waals surface area contributed by atoms with Crippen molar-refractivity contribution in [2.24, 2.45) is 0 Å². The number of hydrogen-bond acceptors (Lipinski definition) is 3. The van der Waals surface area contributed by atoms with Crippen molar-refractivity contribution >= 4 is 19.9 Å². The van der Waals surface area contributed by atoms with Crippen molar-refractivity contribution < 1.29 is 14.6 Å². The predicted octanol–water partition coefficient (Wildman–Crippen LogP) is 2.36. The van der Waals surface area contributed by atoms with Gasteiger partial charge in [0.15, 0.2) is 8.32 Å². The minimum absolute atomic E-state index is 0.0540. The Bertz CT molecular complexity index is 184. The van der Waals surface area contributed by atoms with E-state index in [0.29, 0.717) is 18.9 Å². The molecular weight excluding hydrogens is 244 g/mol. The van der Waals surface area contributed by atoms with E-state index >= 15 is 0 Å². The Labute approximate surface area is 105 Å². The second-order valence-electron chi connectivity index (χ2n) is 4.75. The topological polar surface area (TPSA) is 49.7 Å². The normalized spacial score (nSPS) is 13.1. The molecule has 0 aromatic rings. The maximum absolute atomic E-state index is 9.54. The van der Waals surface area contributed by atoms with E-state index in [-0.39, 0.29) is 13.2 Å². The molecule has 16 heavy (non-hydrogen) atoms. The van der Waals surface area contributed by atoms with E-state index in [0.717, 1.165) is 12.8 Å². The molecule has 0 radical (unpaired) electrons. The number of aliphatic hydroxyl groups is 2. The van der Waals surface area contributed by atoms with Crippen LogP contribution in [0.1, 0.15) is 26.2 Å². The lowest BCUT2D eigenvalue weighted by molar-refractivity contribution is 0.131. The van der Waals surface area contributed by atoms with Crippen molar-refractivity contribution in [1.82, 2.24) is 0 Å². The summed E-state index contributed by atoms with van der Waals surface area (Å²) in [6.45, 7) is 6.80. The quantitative estimate of drug-likeness (QED) is 0.383. The lowest BCUT2D eigenvalue weighted by atomic mass is 10.1. The zero-order valence-corrected chi connectivity index (χ0v) is 12.4. The molecule has 0 atom stereocenters. The van der Waals surface area contributed by atoms with Gasteiger partial charge in [0.05, 0.1) is 13.2 Å². The monoisotopic (exact) mass is 268 g/mol. The van der Waals surface area contributed by atoms with Gasteiger partial charge in [-0.05, 0) is 25.9 Å². The molecule has 0 aromatic heterocycles. The van der Waals surface area contributed by atoms with E-state index in [1.165, 1.54) is 0 Å². The third kappa shape index (κ3) is 4.00. The van der Waals surface area contributed by atoms with Crippen LogP contribution in [-0.4, -0.2) is 44.2 Å². The summed E-state index contributed by atoms with van der Waals surface area (Å²) < 4.78 is 5.93. The van der Waals surface area contributed by atoms with Gasteiger partial charge in [-0.15, -0.1) is 11.6 Å². The highest BCUT2D eigenvalue weighted by Crippen LogP contribution is 2.41. The highest BCUT2D eigenvalue weighted by Gasteiger charge is 2.47. The molecule has 0 aromatic carbocycles. The van der Waals surface area contributed by atoms with Crippen LogP contribution in [-0.2, 0) is 4.43 Å². The van der Waals surface area contributed by atoms with Gasteiger partial charge in [-0.25, -0.2) is 0 Å². The summed E-state index contributed by atoms with van der Waals surface area (Å²) in [6.07, 6.45) is 2.71. The largest absolute Gasteiger partial charge is 0.417 e. The van der Waals surface area contributed by atoms with Crippen molar-refractivity contribution in [3.05, 3.63) is 0 Å². The van der Waals surface area contributed by atoms with Crippen LogP contribution in [0.2, 0.25) is 18.1 Å². The van der Waals surface area contributed by atoms with Crippen molar-refractivity contribution in [3.8, 4) is 0 Å². The fraction of sp³-hybridized carbons (Fsp3) is 1.00. The van der Waals surface area contributed by atoms with E-state index < -0.39 is 13.4 Å². The van der Waals surface area contributed by atoms with Gasteiger partial charge < -0.3 is 14.6 Å². The molecule has 0 aliphatic rings. The van der Waals surface area contributed by atoms with E-state index in [1.54, 1.807) is 0 Å². The first kappa shape index (κ1) is 16.4. The van der Waals surface area contributed by atoms with E-state index in [4.69, 9.17) is 16.0 Å². The molecule has 0 saturated heterocycles. The van der Waals surface area contributed by atoms with Crippen LogP contribution in [0.3, 0.4) is 0 Å². The fourth-order valence-electron chi connectivity index (χ4n) is 1.70. The Kier molecular flexibility index (Phi) is 7.85. The Morgan fingerprint density at radius 1 is 1.25 bits per heavy atom. The molecule has 0 fully saturated rings. The van der Waals surface area contributed by atoms with Crippen LogP contribution in [0.5, 0.6) is 0 Å². The van der Waals surface area contributed by atoms with Gasteiger partial charge in [0.25, 0.3) is 0 Å². The van der Waals surface area contributed by atoms with Crippen LogP contribution in [0, 0.1) is 0 Å². The number of hydrogen-bond donors (Lipinski definition) is 2. The molecule has 2 N–H and O–H groups in total. The molecule has 0 spiro atoms. The molecule has 0 saturated carbocycles. The number of unbranched alkanes of at least 4 members (excludes halogenated alkanes) is 1. The molecular formula is C11H25ClO3Si. The number of halogens is 1. The molecule has 0 heterocycles. The lowest BCUT2D eigenvalue weighted by Crippen LogP contribution is -2.50. The highest BCUT2D eigenvalue weighted by molar-refractivity contribution is 6.74. The molecule has 5 heteroatoms. The third-order valence-corrected chi connectivity index (χ3v) is 7.65. The second-order valence-corrected chi connectivity index (χ2v) is 9.50. The summed E-state index contributed by atoms with van der Waals surface area (Å²) in [4.78, 5) is 0. The van der Waals surface area contributed by atoms with Gasteiger partial charge in [0.1, 0.15) is 0 Å². The van der Waals surface area contributed by atoms with Gasteiger partial charge in [0, 0.05) is 17.5 Å². The third-order valence-electron chi connectivity index (χ3n) is 3.42. The van der Waals surface area contributed by atoms with Gasteiger partial charge in [-0.2, -0.15) is 0 Å². The van der Waals surface area contributed by atoms with Crippen LogP contribution in [0.25, 0.3) is 0 Å². The maximum atomic E-state index is 9.54. The number of rotatable bonds is 9.